The Labute approximate surface area is 165 Å². The Hall–Kier alpha value is -3.02. The molecule has 1 heterocycles. The van der Waals surface area contributed by atoms with E-state index >= 15 is 0 Å². The lowest BCUT2D eigenvalue weighted by atomic mass is 10.1. The fourth-order valence-corrected chi connectivity index (χ4v) is 3.19. The van der Waals surface area contributed by atoms with Gasteiger partial charge in [0.2, 0.25) is 5.91 Å². The standard InChI is InChI=1S/C22H26N2O4/c1-3-27-19-12-9-17(14-20(19)28-4-2)22(26)23-15-16-7-10-18(11-8-16)24-13-5-6-21(24)25/h7-12,14H,3-6,13,15H2,1-2H3,(H,23,26). The van der Waals surface area contributed by atoms with Gasteiger partial charge in [-0.1, -0.05) is 12.1 Å². The van der Waals surface area contributed by atoms with Crippen molar-refractivity contribution >= 4 is 17.5 Å². The van der Waals surface area contributed by atoms with Gasteiger partial charge in [0.25, 0.3) is 5.91 Å². The highest BCUT2D eigenvalue weighted by atomic mass is 16.5. The molecule has 0 bridgehead atoms. The molecule has 1 N–H and O–H groups in total. The second-order valence-electron chi connectivity index (χ2n) is 6.53. The lowest BCUT2D eigenvalue weighted by Gasteiger charge is -2.16. The van der Waals surface area contributed by atoms with Crippen molar-refractivity contribution in [2.24, 2.45) is 0 Å². The summed E-state index contributed by atoms with van der Waals surface area (Å²) in [7, 11) is 0. The van der Waals surface area contributed by atoms with Gasteiger partial charge in [-0.3, -0.25) is 9.59 Å². The summed E-state index contributed by atoms with van der Waals surface area (Å²) >= 11 is 0. The SMILES string of the molecule is CCOc1ccc(C(=O)NCc2ccc(N3CCCC3=O)cc2)cc1OCC. The van der Waals surface area contributed by atoms with E-state index in [4.69, 9.17) is 9.47 Å². The molecule has 0 spiro atoms. The summed E-state index contributed by atoms with van der Waals surface area (Å²) in [4.78, 5) is 26.1. The smallest absolute Gasteiger partial charge is 0.251 e. The van der Waals surface area contributed by atoms with Gasteiger partial charge in [0.05, 0.1) is 13.2 Å². The molecule has 0 radical (unpaired) electrons. The molecule has 6 heteroatoms. The molecule has 2 amide bonds. The van der Waals surface area contributed by atoms with Gasteiger partial charge >= 0.3 is 0 Å². The molecule has 6 nitrogen and oxygen atoms in total. The molecule has 2 aromatic rings. The summed E-state index contributed by atoms with van der Waals surface area (Å²) in [6, 6.07) is 12.9. The van der Waals surface area contributed by atoms with Gasteiger partial charge in [-0.15, -0.1) is 0 Å². The molecule has 0 unspecified atom stereocenters. The Bertz CT molecular complexity index is 833. The van der Waals surface area contributed by atoms with Crippen LogP contribution in [0.3, 0.4) is 0 Å². The van der Waals surface area contributed by atoms with Gasteiger partial charge in [-0.05, 0) is 56.2 Å². The van der Waals surface area contributed by atoms with Crippen LogP contribution in [0.25, 0.3) is 0 Å². The maximum atomic E-state index is 12.5. The van der Waals surface area contributed by atoms with E-state index in [0.29, 0.717) is 43.2 Å². The van der Waals surface area contributed by atoms with Crippen LogP contribution in [-0.4, -0.2) is 31.6 Å². The van der Waals surface area contributed by atoms with E-state index in [1.54, 1.807) is 23.1 Å². The minimum atomic E-state index is -0.178. The molecule has 148 valence electrons. The van der Waals surface area contributed by atoms with E-state index in [2.05, 4.69) is 5.32 Å². The van der Waals surface area contributed by atoms with E-state index in [9.17, 15) is 9.59 Å². The van der Waals surface area contributed by atoms with E-state index in [0.717, 1.165) is 24.2 Å². The van der Waals surface area contributed by atoms with Crippen LogP contribution in [0.2, 0.25) is 0 Å². The van der Waals surface area contributed by atoms with Gasteiger partial charge in [0.15, 0.2) is 11.5 Å². The molecule has 28 heavy (non-hydrogen) atoms. The summed E-state index contributed by atoms with van der Waals surface area (Å²) in [6.07, 6.45) is 1.52. The summed E-state index contributed by atoms with van der Waals surface area (Å²) < 4.78 is 11.1. The van der Waals surface area contributed by atoms with Gasteiger partial charge < -0.3 is 19.7 Å². The number of rotatable bonds is 8. The van der Waals surface area contributed by atoms with Gasteiger partial charge in [-0.25, -0.2) is 0 Å². The molecule has 1 fully saturated rings. The number of nitrogens with one attached hydrogen (secondary N) is 1. The van der Waals surface area contributed by atoms with Crippen LogP contribution in [-0.2, 0) is 11.3 Å². The van der Waals surface area contributed by atoms with Crippen LogP contribution in [0.4, 0.5) is 5.69 Å². The highest BCUT2D eigenvalue weighted by molar-refractivity contribution is 5.95. The minimum absolute atomic E-state index is 0.168. The Morgan fingerprint density at radius 1 is 1.04 bits per heavy atom. The molecule has 1 saturated heterocycles. The third-order valence-electron chi connectivity index (χ3n) is 4.58. The van der Waals surface area contributed by atoms with Crippen LogP contribution >= 0.6 is 0 Å². The number of ether oxygens (including phenoxy) is 2. The van der Waals surface area contributed by atoms with Crippen LogP contribution in [0.1, 0.15) is 42.6 Å². The summed E-state index contributed by atoms with van der Waals surface area (Å²) in [5.41, 5.74) is 2.40. The summed E-state index contributed by atoms with van der Waals surface area (Å²) in [6.45, 7) is 6.00. The Balaban J connectivity index is 1.62. The van der Waals surface area contributed by atoms with Crippen LogP contribution in [0.5, 0.6) is 11.5 Å². The Morgan fingerprint density at radius 3 is 2.39 bits per heavy atom. The predicted molar refractivity (Wildman–Crippen MR) is 108 cm³/mol. The van der Waals surface area contributed by atoms with Crippen molar-refractivity contribution in [3.63, 3.8) is 0 Å². The molecular formula is C22H26N2O4. The molecule has 1 aliphatic heterocycles. The molecule has 1 aliphatic rings. The van der Waals surface area contributed by atoms with E-state index < -0.39 is 0 Å². The normalized spacial score (nSPS) is 13.5. The zero-order chi connectivity index (χ0) is 19.9. The number of carbonyl (C=O) groups excluding carboxylic acids is 2. The monoisotopic (exact) mass is 382 g/mol. The van der Waals surface area contributed by atoms with E-state index in [1.165, 1.54) is 0 Å². The van der Waals surface area contributed by atoms with Crippen molar-refractivity contribution in [1.82, 2.24) is 5.32 Å². The second-order valence-corrected chi connectivity index (χ2v) is 6.53. The van der Waals surface area contributed by atoms with Crippen LogP contribution < -0.4 is 19.7 Å². The van der Waals surface area contributed by atoms with E-state index in [1.807, 2.05) is 38.1 Å². The van der Waals surface area contributed by atoms with Gasteiger partial charge in [0.1, 0.15) is 0 Å². The fraction of sp³-hybridized carbons (Fsp3) is 0.364. The van der Waals surface area contributed by atoms with Crippen molar-refractivity contribution in [3.8, 4) is 11.5 Å². The minimum Gasteiger partial charge on any atom is -0.490 e. The lowest BCUT2D eigenvalue weighted by Crippen LogP contribution is -2.24. The lowest BCUT2D eigenvalue weighted by molar-refractivity contribution is -0.117. The number of anilines is 1. The summed E-state index contributed by atoms with van der Waals surface area (Å²) in [5.74, 6) is 1.19. The van der Waals surface area contributed by atoms with Crippen LogP contribution in [0.15, 0.2) is 42.5 Å². The number of benzene rings is 2. The largest absolute Gasteiger partial charge is 0.490 e. The fourth-order valence-electron chi connectivity index (χ4n) is 3.19. The number of carbonyl (C=O) groups is 2. The van der Waals surface area contributed by atoms with E-state index in [-0.39, 0.29) is 11.8 Å². The van der Waals surface area contributed by atoms with Gasteiger partial charge in [0, 0.05) is 30.8 Å². The highest BCUT2D eigenvalue weighted by Crippen LogP contribution is 2.28. The average molecular weight is 382 g/mol. The molecular weight excluding hydrogens is 356 g/mol. The Morgan fingerprint density at radius 2 is 1.75 bits per heavy atom. The third-order valence-corrected chi connectivity index (χ3v) is 4.58. The average Bonchev–Trinajstić information content (AvgIpc) is 3.14. The first kappa shape index (κ1) is 19.7. The number of amides is 2. The maximum Gasteiger partial charge on any atom is 0.251 e. The topological polar surface area (TPSA) is 67.9 Å². The van der Waals surface area contributed by atoms with Gasteiger partial charge in [-0.2, -0.15) is 0 Å². The van der Waals surface area contributed by atoms with Crippen molar-refractivity contribution in [2.45, 2.75) is 33.2 Å². The first-order valence-corrected chi connectivity index (χ1v) is 9.69. The first-order valence-electron chi connectivity index (χ1n) is 9.69. The summed E-state index contributed by atoms with van der Waals surface area (Å²) in [5, 5.41) is 2.92. The molecule has 0 atom stereocenters. The Kier molecular flexibility index (Phi) is 6.53. The number of hydrogen-bond acceptors (Lipinski definition) is 4. The second kappa shape index (κ2) is 9.26. The number of nitrogens with zero attached hydrogens (tertiary/aromatic N) is 1. The highest BCUT2D eigenvalue weighted by Gasteiger charge is 2.21. The molecule has 0 saturated carbocycles. The van der Waals surface area contributed by atoms with Crippen molar-refractivity contribution in [2.75, 3.05) is 24.7 Å². The zero-order valence-corrected chi connectivity index (χ0v) is 16.4. The molecule has 0 aromatic heterocycles. The third kappa shape index (κ3) is 4.63. The number of hydrogen-bond donors (Lipinski definition) is 1. The van der Waals surface area contributed by atoms with Crippen molar-refractivity contribution < 1.29 is 19.1 Å². The maximum absolute atomic E-state index is 12.5. The molecule has 0 aliphatic carbocycles. The molecule has 2 aromatic carbocycles. The quantitative estimate of drug-likeness (QED) is 0.758. The van der Waals surface area contributed by atoms with Crippen molar-refractivity contribution in [1.29, 1.82) is 0 Å². The predicted octanol–water partition coefficient (Wildman–Crippen LogP) is 3.54. The first-order chi connectivity index (χ1) is 13.6. The zero-order valence-electron chi connectivity index (χ0n) is 16.4. The van der Waals surface area contributed by atoms with Crippen molar-refractivity contribution in [3.05, 3.63) is 53.6 Å². The molecule has 3 rings (SSSR count). The van der Waals surface area contributed by atoms with Crippen LogP contribution in [0, 0.1) is 0 Å².